The first-order valence-corrected chi connectivity index (χ1v) is 8.87. The second-order valence-corrected chi connectivity index (χ2v) is 6.32. The van der Waals surface area contributed by atoms with E-state index in [2.05, 4.69) is 12.0 Å². The molecule has 1 unspecified atom stereocenters. The van der Waals surface area contributed by atoms with Crippen molar-refractivity contribution in [1.29, 1.82) is 0 Å². The van der Waals surface area contributed by atoms with E-state index >= 15 is 0 Å². The predicted octanol–water partition coefficient (Wildman–Crippen LogP) is 4.73. The fourth-order valence-corrected chi connectivity index (χ4v) is 3.25. The van der Waals surface area contributed by atoms with Crippen LogP contribution in [0.2, 0.25) is 0 Å². The number of aliphatic hydroxyl groups excluding tert-OH is 1. The number of methoxy groups -OCH3 is 1. The predicted molar refractivity (Wildman–Crippen MR) is 108 cm³/mol. The summed E-state index contributed by atoms with van der Waals surface area (Å²) < 4.78 is 21.5. The zero-order valence-corrected chi connectivity index (χ0v) is 15.3. The lowest BCUT2D eigenvalue weighted by Crippen LogP contribution is -2.09. The highest BCUT2D eigenvalue weighted by molar-refractivity contribution is 5.82. The van der Waals surface area contributed by atoms with Crippen LogP contribution in [0, 0.1) is 17.8 Å². The minimum atomic E-state index is -1.23. The van der Waals surface area contributed by atoms with Crippen molar-refractivity contribution in [2.24, 2.45) is 0 Å². The molecule has 0 saturated carbocycles. The van der Waals surface area contributed by atoms with Gasteiger partial charge in [0.05, 0.1) is 23.9 Å². The summed E-state index contributed by atoms with van der Waals surface area (Å²) in [5, 5.41) is 12.0. The Balaban J connectivity index is 1.90. The normalized spacial score (nSPS) is 11.7. The summed E-state index contributed by atoms with van der Waals surface area (Å²) >= 11 is 0. The number of hydrogen-bond acceptors (Lipinski definition) is 2. The lowest BCUT2D eigenvalue weighted by molar-refractivity contribution is 0.203. The van der Waals surface area contributed by atoms with Crippen molar-refractivity contribution < 1.29 is 14.2 Å². The highest BCUT2D eigenvalue weighted by atomic mass is 19.1. The Kier molecular flexibility index (Phi) is 4.84. The summed E-state index contributed by atoms with van der Waals surface area (Å²) in [7, 11) is 1.45. The van der Waals surface area contributed by atoms with E-state index in [4.69, 9.17) is 4.74 Å². The van der Waals surface area contributed by atoms with Crippen molar-refractivity contribution >= 4 is 10.9 Å². The molecule has 0 bridgehead atoms. The molecular formula is C24H18FNO2. The molecule has 0 spiro atoms. The van der Waals surface area contributed by atoms with Gasteiger partial charge in [0.2, 0.25) is 0 Å². The van der Waals surface area contributed by atoms with Gasteiger partial charge >= 0.3 is 0 Å². The van der Waals surface area contributed by atoms with Crippen LogP contribution in [0.3, 0.4) is 0 Å². The van der Waals surface area contributed by atoms with Crippen molar-refractivity contribution in [1.82, 2.24) is 4.57 Å². The molecule has 0 aliphatic heterocycles. The van der Waals surface area contributed by atoms with Crippen molar-refractivity contribution in [3.63, 3.8) is 0 Å². The molecule has 3 nitrogen and oxygen atoms in total. The third-order valence-electron chi connectivity index (χ3n) is 4.61. The van der Waals surface area contributed by atoms with Crippen molar-refractivity contribution in [3.8, 4) is 17.7 Å². The first kappa shape index (κ1) is 17.8. The monoisotopic (exact) mass is 371 g/mol. The fraction of sp³-hybridized carbons (Fsp3) is 0.0833. The van der Waals surface area contributed by atoms with Gasteiger partial charge in [-0.15, -0.1) is 0 Å². The molecule has 1 N–H and O–H groups in total. The van der Waals surface area contributed by atoms with Gasteiger partial charge in [0, 0.05) is 17.0 Å². The van der Waals surface area contributed by atoms with E-state index in [0.29, 0.717) is 11.4 Å². The molecule has 0 saturated heterocycles. The molecule has 4 heteroatoms. The Hall–Kier alpha value is -3.55. The molecule has 0 aliphatic carbocycles. The van der Waals surface area contributed by atoms with Crippen LogP contribution < -0.4 is 4.74 Å². The Morgan fingerprint density at radius 1 is 0.964 bits per heavy atom. The lowest BCUT2D eigenvalue weighted by Gasteiger charge is -2.16. The highest BCUT2D eigenvalue weighted by Gasteiger charge is 2.24. The van der Waals surface area contributed by atoms with Gasteiger partial charge in [-0.05, 0) is 42.3 Å². The van der Waals surface area contributed by atoms with Gasteiger partial charge in [-0.25, -0.2) is 4.39 Å². The van der Waals surface area contributed by atoms with Crippen LogP contribution in [0.1, 0.15) is 22.9 Å². The maximum absolute atomic E-state index is 14.5. The molecule has 1 heterocycles. The average Bonchev–Trinajstić information content (AvgIpc) is 3.11. The Bertz CT molecular complexity index is 1190. The van der Waals surface area contributed by atoms with Gasteiger partial charge in [0.25, 0.3) is 0 Å². The van der Waals surface area contributed by atoms with Crippen LogP contribution in [-0.4, -0.2) is 16.8 Å². The Labute approximate surface area is 162 Å². The summed E-state index contributed by atoms with van der Waals surface area (Å²) in [4.78, 5) is 0. The van der Waals surface area contributed by atoms with Crippen molar-refractivity contribution in [2.75, 3.05) is 7.11 Å². The summed E-state index contributed by atoms with van der Waals surface area (Å²) in [5.74, 6) is 2.87. The molecule has 0 radical (unpaired) electrons. The van der Waals surface area contributed by atoms with E-state index in [9.17, 15) is 9.50 Å². The van der Waals surface area contributed by atoms with Gasteiger partial charge in [-0.3, -0.25) is 4.57 Å². The summed E-state index contributed by atoms with van der Waals surface area (Å²) in [6.07, 6.45) is -1.23. The largest absolute Gasteiger partial charge is 0.496 e. The van der Waals surface area contributed by atoms with Gasteiger partial charge in [-0.1, -0.05) is 42.5 Å². The second kappa shape index (κ2) is 7.59. The molecule has 3 aromatic carbocycles. The molecule has 1 atom stereocenters. The van der Waals surface area contributed by atoms with E-state index < -0.39 is 11.9 Å². The molecule has 0 fully saturated rings. The lowest BCUT2D eigenvalue weighted by atomic mass is 10.0. The number of nitrogens with zero attached hydrogens (tertiary/aromatic N) is 1. The SMILES string of the molecule is COc1cccc(F)c1C(O)c1cc2ccccc2n1C#Cc1ccccc1. The first-order valence-electron chi connectivity index (χ1n) is 8.87. The third-order valence-corrected chi connectivity index (χ3v) is 4.61. The van der Waals surface area contributed by atoms with Crippen molar-refractivity contribution in [2.45, 2.75) is 6.10 Å². The molecular weight excluding hydrogens is 353 g/mol. The zero-order chi connectivity index (χ0) is 19.5. The topological polar surface area (TPSA) is 34.4 Å². The number of aliphatic hydroxyl groups is 1. The molecule has 28 heavy (non-hydrogen) atoms. The maximum Gasteiger partial charge on any atom is 0.133 e. The third kappa shape index (κ3) is 3.24. The van der Waals surface area contributed by atoms with Gasteiger partial charge in [0.15, 0.2) is 0 Å². The van der Waals surface area contributed by atoms with Crippen LogP contribution >= 0.6 is 0 Å². The molecule has 138 valence electrons. The summed E-state index contributed by atoms with van der Waals surface area (Å²) in [6.45, 7) is 0. The number of para-hydroxylation sites is 1. The molecule has 0 aliphatic rings. The molecule has 1 aromatic heterocycles. The average molecular weight is 371 g/mol. The molecule has 4 rings (SSSR count). The minimum Gasteiger partial charge on any atom is -0.496 e. The number of halogens is 1. The van der Waals surface area contributed by atoms with E-state index in [1.807, 2.05) is 60.7 Å². The number of aromatic nitrogens is 1. The Morgan fingerprint density at radius 2 is 1.71 bits per heavy atom. The van der Waals surface area contributed by atoms with E-state index in [0.717, 1.165) is 16.5 Å². The maximum atomic E-state index is 14.5. The van der Waals surface area contributed by atoms with E-state index in [1.54, 1.807) is 16.7 Å². The number of rotatable bonds is 3. The molecule has 0 amide bonds. The zero-order valence-electron chi connectivity index (χ0n) is 15.3. The van der Waals surface area contributed by atoms with Crippen LogP contribution in [0.15, 0.2) is 78.9 Å². The smallest absolute Gasteiger partial charge is 0.133 e. The number of fused-ring (bicyclic) bond motifs is 1. The Morgan fingerprint density at radius 3 is 2.50 bits per heavy atom. The van der Waals surface area contributed by atoms with Crippen molar-refractivity contribution in [3.05, 3.63) is 102 Å². The first-order chi connectivity index (χ1) is 13.7. The van der Waals surface area contributed by atoms with Crippen LogP contribution in [0.25, 0.3) is 10.9 Å². The summed E-state index contributed by atoms with van der Waals surface area (Å²) in [5.41, 5.74) is 2.27. The van der Waals surface area contributed by atoms with E-state index in [-0.39, 0.29) is 5.56 Å². The van der Waals surface area contributed by atoms with Crippen LogP contribution in [-0.2, 0) is 0 Å². The highest BCUT2D eigenvalue weighted by Crippen LogP contribution is 2.34. The molecule has 4 aromatic rings. The minimum absolute atomic E-state index is 0.0931. The van der Waals surface area contributed by atoms with Gasteiger partial charge in [-0.2, -0.15) is 0 Å². The fourth-order valence-electron chi connectivity index (χ4n) is 3.25. The number of ether oxygens (including phenoxy) is 1. The number of hydrogen-bond donors (Lipinski definition) is 1. The quantitative estimate of drug-likeness (QED) is 0.529. The number of benzene rings is 3. The van der Waals surface area contributed by atoms with Gasteiger partial charge in [0.1, 0.15) is 17.7 Å². The standard InChI is InChI=1S/C24H18FNO2/c1-28-22-13-7-11-19(25)23(22)24(27)21-16-18-10-5-6-12-20(18)26(21)15-14-17-8-3-2-4-9-17/h2-13,16,24,27H,1H3. The van der Waals surface area contributed by atoms with E-state index in [1.165, 1.54) is 13.2 Å². The van der Waals surface area contributed by atoms with Crippen LogP contribution in [0.4, 0.5) is 4.39 Å². The summed E-state index contributed by atoms with van der Waals surface area (Å²) in [6, 6.07) is 26.7. The van der Waals surface area contributed by atoms with Crippen LogP contribution in [0.5, 0.6) is 5.75 Å². The van der Waals surface area contributed by atoms with Gasteiger partial charge < -0.3 is 9.84 Å². The second-order valence-electron chi connectivity index (χ2n) is 6.32.